The van der Waals surface area contributed by atoms with Crippen molar-refractivity contribution in [1.82, 2.24) is 13.4 Å². The molecule has 0 aromatic carbocycles. The van der Waals surface area contributed by atoms with E-state index in [1.807, 2.05) is 0 Å². The third-order valence-electron chi connectivity index (χ3n) is 5.58. The Kier molecular flexibility index (Phi) is 12.8. The Morgan fingerprint density at radius 1 is 0.480 bits per heavy atom. The van der Waals surface area contributed by atoms with Crippen molar-refractivity contribution in [3.63, 3.8) is 0 Å². The van der Waals surface area contributed by atoms with Crippen LogP contribution in [0.15, 0.2) is 0 Å². The summed E-state index contributed by atoms with van der Waals surface area (Å²) in [5.74, 6) is 0. The van der Waals surface area contributed by atoms with Crippen LogP contribution in [0.4, 0.5) is 0 Å². The lowest BCUT2D eigenvalue weighted by atomic mass is 10.3. The van der Waals surface area contributed by atoms with Gasteiger partial charge in [0.05, 0.1) is 0 Å². The first-order valence-electron chi connectivity index (χ1n) is 11.0. The van der Waals surface area contributed by atoms with Crippen molar-refractivity contribution in [2.24, 2.45) is 0 Å². The van der Waals surface area contributed by atoms with Crippen molar-refractivity contribution in [3.05, 3.63) is 0 Å². The summed E-state index contributed by atoms with van der Waals surface area (Å²) in [5.41, 5.74) is 0. The molecule has 0 rings (SSSR count). The van der Waals surface area contributed by atoms with E-state index in [1.165, 1.54) is 71.2 Å². The van der Waals surface area contributed by atoms with Crippen LogP contribution >= 0.6 is 0 Å². The Hall–Kier alpha value is 0.314. The van der Waals surface area contributed by atoms with E-state index in [4.69, 9.17) is 0 Å². The average molecular weight is 388 g/mol. The largest absolute Gasteiger partial charge is 0.322 e. The molecule has 0 bridgehead atoms. The summed E-state index contributed by atoms with van der Waals surface area (Å²) in [4.78, 5) is 0. The van der Waals surface area contributed by atoms with Crippen LogP contribution in [0.5, 0.6) is 0 Å². The van der Waals surface area contributed by atoms with E-state index >= 15 is 0 Å². The standard InChI is InChI=1S/C20H49N3Si2/c1-10-15-20-23(24(6,7)21(16-11-2)17-12-3)25(8,9)22(18-13-4)19-14-5/h10-20H2,1-9H3. The van der Waals surface area contributed by atoms with Crippen LogP contribution in [0.1, 0.15) is 73.1 Å². The normalized spacial score (nSPS) is 13.4. The van der Waals surface area contributed by atoms with Gasteiger partial charge in [-0.2, -0.15) is 0 Å². The minimum absolute atomic E-state index is 1.27. The molecule has 0 aliphatic rings. The molecule has 0 unspecified atom stereocenters. The molecule has 0 amide bonds. The first kappa shape index (κ1) is 25.3. The lowest BCUT2D eigenvalue weighted by Crippen LogP contribution is -2.74. The lowest BCUT2D eigenvalue weighted by molar-refractivity contribution is 0.338. The fourth-order valence-electron chi connectivity index (χ4n) is 4.27. The number of nitrogens with zero attached hydrogens (tertiary/aromatic N) is 3. The van der Waals surface area contributed by atoms with Crippen molar-refractivity contribution in [2.75, 3.05) is 32.7 Å². The Bertz CT molecular complexity index is 295. The van der Waals surface area contributed by atoms with Crippen molar-refractivity contribution in [2.45, 2.75) is 99.3 Å². The quantitative estimate of drug-likeness (QED) is 0.332. The first-order valence-corrected chi connectivity index (χ1v) is 16.8. The van der Waals surface area contributed by atoms with E-state index in [2.05, 4.69) is 74.2 Å². The smallest absolute Gasteiger partial charge is 0.194 e. The number of hydrogen-bond donors (Lipinski definition) is 0. The maximum Gasteiger partial charge on any atom is 0.194 e. The highest BCUT2D eigenvalue weighted by Crippen LogP contribution is 2.27. The van der Waals surface area contributed by atoms with Crippen LogP contribution in [-0.4, -0.2) is 62.9 Å². The van der Waals surface area contributed by atoms with Crippen LogP contribution in [0.25, 0.3) is 0 Å². The summed E-state index contributed by atoms with van der Waals surface area (Å²) in [6.45, 7) is 28.6. The van der Waals surface area contributed by atoms with Gasteiger partial charge in [0, 0.05) is 0 Å². The highest BCUT2D eigenvalue weighted by Gasteiger charge is 2.46. The Morgan fingerprint density at radius 3 is 1.04 bits per heavy atom. The van der Waals surface area contributed by atoms with Crippen LogP contribution in [0, 0.1) is 0 Å². The number of hydrogen-bond acceptors (Lipinski definition) is 3. The minimum Gasteiger partial charge on any atom is -0.322 e. The van der Waals surface area contributed by atoms with Crippen molar-refractivity contribution in [3.8, 4) is 0 Å². The molecule has 0 aliphatic carbocycles. The summed E-state index contributed by atoms with van der Waals surface area (Å²) in [5, 5.41) is 0. The zero-order chi connectivity index (χ0) is 19.5. The Balaban J connectivity index is 5.74. The van der Waals surface area contributed by atoms with Crippen molar-refractivity contribution < 1.29 is 0 Å². The van der Waals surface area contributed by atoms with Gasteiger partial charge in [0.15, 0.2) is 16.8 Å². The zero-order valence-corrected chi connectivity index (χ0v) is 21.1. The second-order valence-electron chi connectivity index (χ2n) is 8.47. The third-order valence-corrected chi connectivity index (χ3v) is 15.9. The van der Waals surface area contributed by atoms with Crippen LogP contribution in [-0.2, 0) is 0 Å². The molecule has 0 N–H and O–H groups in total. The SMILES string of the molecule is CCCCN([Si](C)(C)N(CCC)CCC)[Si](C)(C)N(CCC)CCC. The second-order valence-corrected chi connectivity index (χ2v) is 17.2. The van der Waals surface area contributed by atoms with E-state index in [1.54, 1.807) is 0 Å². The predicted octanol–water partition coefficient (Wildman–Crippen LogP) is 5.74. The third kappa shape index (κ3) is 7.45. The molecule has 25 heavy (non-hydrogen) atoms. The first-order chi connectivity index (χ1) is 11.7. The summed E-state index contributed by atoms with van der Waals surface area (Å²) >= 11 is 0. The van der Waals surface area contributed by atoms with Gasteiger partial charge in [-0.25, -0.2) is 0 Å². The lowest BCUT2D eigenvalue weighted by Gasteiger charge is -2.55. The van der Waals surface area contributed by atoms with Gasteiger partial charge in [-0.05, 0) is 91.0 Å². The maximum absolute atomic E-state index is 3.07. The number of unbranched alkanes of at least 4 members (excludes halogenated alkanes) is 1. The van der Waals surface area contributed by atoms with Crippen LogP contribution < -0.4 is 0 Å². The summed E-state index contributed by atoms with van der Waals surface area (Å²) in [7, 11) is -3.22. The van der Waals surface area contributed by atoms with Gasteiger partial charge in [0.2, 0.25) is 0 Å². The van der Waals surface area contributed by atoms with Gasteiger partial charge in [0.1, 0.15) is 0 Å². The highest BCUT2D eigenvalue weighted by molar-refractivity contribution is 6.88. The molecule has 3 nitrogen and oxygen atoms in total. The van der Waals surface area contributed by atoms with Crippen molar-refractivity contribution in [1.29, 1.82) is 0 Å². The molecule has 0 heterocycles. The molecule has 152 valence electrons. The van der Waals surface area contributed by atoms with Gasteiger partial charge >= 0.3 is 0 Å². The van der Waals surface area contributed by atoms with Crippen LogP contribution in [0.3, 0.4) is 0 Å². The van der Waals surface area contributed by atoms with E-state index < -0.39 is 16.8 Å². The Morgan fingerprint density at radius 2 is 0.800 bits per heavy atom. The highest BCUT2D eigenvalue weighted by atomic mass is 28.4. The summed E-state index contributed by atoms with van der Waals surface area (Å²) < 4.78 is 8.83. The molecule has 0 saturated heterocycles. The van der Waals surface area contributed by atoms with Gasteiger partial charge in [-0.15, -0.1) is 0 Å². The van der Waals surface area contributed by atoms with E-state index in [0.717, 1.165) is 0 Å². The molecule has 0 aromatic heterocycles. The molecule has 0 aromatic rings. The molecule has 0 atom stereocenters. The van der Waals surface area contributed by atoms with Gasteiger partial charge in [-0.1, -0.05) is 41.0 Å². The molecule has 0 spiro atoms. The molecular weight excluding hydrogens is 338 g/mol. The van der Waals surface area contributed by atoms with E-state index in [0.29, 0.717) is 0 Å². The number of rotatable bonds is 15. The molecule has 5 heteroatoms. The fraction of sp³-hybridized carbons (Fsp3) is 1.00. The minimum atomic E-state index is -1.61. The monoisotopic (exact) mass is 387 g/mol. The van der Waals surface area contributed by atoms with E-state index in [9.17, 15) is 0 Å². The molecular formula is C20H49N3Si2. The average Bonchev–Trinajstić information content (AvgIpc) is 2.54. The second kappa shape index (κ2) is 12.7. The molecule has 0 saturated carbocycles. The van der Waals surface area contributed by atoms with Crippen molar-refractivity contribution >= 4 is 16.8 Å². The van der Waals surface area contributed by atoms with Gasteiger partial charge in [-0.3, -0.25) is 0 Å². The zero-order valence-electron chi connectivity index (χ0n) is 19.1. The van der Waals surface area contributed by atoms with Gasteiger partial charge in [0.25, 0.3) is 0 Å². The summed E-state index contributed by atoms with van der Waals surface area (Å²) in [6, 6.07) is 0. The summed E-state index contributed by atoms with van der Waals surface area (Å²) in [6.07, 6.45) is 7.72. The molecule has 0 fully saturated rings. The van der Waals surface area contributed by atoms with E-state index in [-0.39, 0.29) is 0 Å². The fourth-order valence-corrected chi connectivity index (χ4v) is 15.7. The maximum atomic E-state index is 3.07. The molecule has 0 aliphatic heterocycles. The Labute approximate surface area is 162 Å². The molecule has 0 radical (unpaired) electrons. The van der Waals surface area contributed by atoms with Gasteiger partial charge < -0.3 is 13.4 Å². The van der Waals surface area contributed by atoms with Crippen LogP contribution in [0.2, 0.25) is 26.2 Å². The predicted molar refractivity (Wildman–Crippen MR) is 121 cm³/mol. The topological polar surface area (TPSA) is 9.72 Å².